The molecule has 2 nitrogen and oxygen atoms in total. The smallest absolute Gasteiger partial charge is 0.246 e. The summed E-state index contributed by atoms with van der Waals surface area (Å²) in [6.45, 7) is 15.2. The van der Waals surface area contributed by atoms with E-state index in [2.05, 4.69) is 26.3 Å². The molecule has 0 N–H and O–H groups in total. The molecule has 0 bridgehead atoms. The SMILES string of the molecule is C=CCCC(CCC=C)N(CC=C)C(=O)C=C. The summed E-state index contributed by atoms with van der Waals surface area (Å²) in [6, 6.07) is 0.203. The van der Waals surface area contributed by atoms with E-state index in [1.165, 1.54) is 6.08 Å². The second kappa shape index (κ2) is 9.64. The molecule has 0 aromatic heterocycles. The van der Waals surface area contributed by atoms with Gasteiger partial charge in [-0.3, -0.25) is 4.79 Å². The lowest BCUT2D eigenvalue weighted by molar-refractivity contribution is -0.127. The Morgan fingerprint density at radius 2 is 1.53 bits per heavy atom. The van der Waals surface area contributed by atoms with Crippen molar-refractivity contribution in [2.75, 3.05) is 6.54 Å². The molecule has 2 heteroatoms. The Hall–Kier alpha value is -1.57. The monoisotopic (exact) mass is 233 g/mol. The van der Waals surface area contributed by atoms with Gasteiger partial charge in [-0.25, -0.2) is 0 Å². The first-order valence-electron chi connectivity index (χ1n) is 5.97. The predicted molar refractivity (Wildman–Crippen MR) is 74.8 cm³/mol. The summed E-state index contributed by atoms with van der Waals surface area (Å²) in [4.78, 5) is 13.6. The Balaban J connectivity index is 4.69. The molecule has 0 aliphatic carbocycles. The fourth-order valence-corrected chi connectivity index (χ4v) is 1.75. The molecule has 0 saturated carbocycles. The molecule has 0 rings (SSSR count). The van der Waals surface area contributed by atoms with Crippen LogP contribution in [-0.2, 0) is 4.79 Å². The second-order valence-electron chi connectivity index (χ2n) is 3.87. The molecule has 0 heterocycles. The molecule has 1 amide bonds. The molecule has 0 spiro atoms. The van der Waals surface area contributed by atoms with E-state index in [0.29, 0.717) is 6.54 Å². The average molecular weight is 233 g/mol. The molecule has 0 fully saturated rings. The average Bonchev–Trinajstić information content (AvgIpc) is 2.36. The van der Waals surface area contributed by atoms with E-state index in [0.717, 1.165) is 25.7 Å². The van der Waals surface area contributed by atoms with Crippen molar-refractivity contribution in [1.29, 1.82) is 0 Å². The quantitative estimate of drug-likeness (QED) is 0.418. The van der Waals surface area contributed by atoms with Crippen LogP contribution in [0.3, 0.4) is 0 Å². The maximum absolute atomic E-state index is 11.8. The maximum atomic E-state index is 11.8. The molecule has 0 aliphatic heterocycles. The second-order valence-corrected chi connectivity index (χ2v) is 3.87. The van der Waals surface area contributed by atoms with Gasteiger partial charge in [0, 0.05) is 12.6 Å². The zero-order valence-corrected chi connectivity index (χ0v) is 10.6. The third-order valence-electron chi connectivity index (χ3n) is 2.63. The van der Waals surface area contributed by atoms with Crippen LogP contribution in [0.5, 0.6) is 0 Å². The van der Waals surface area contributed by atoms with Crippen LogP contribution in [0.15, 0.2) is 50.6 Å². The molecule has 0 saturated heterocycles. The molecule has 94 valence electrons. The van der Waals surface area contributed by atoms with Crippen molar-refractivity contribution >= 4 is 5.91 Å². The van der Waals surface area contributed by atoms with Gasteiger partial charge in [0.15, 0.2) is 0 Å². The van der Waals surface area contributed by atoms with Gasteiger partial charge in [-0.1, -0.05) is 24.8 Å². The first-order chi connectivity index (χ1) is 8.21. The fourth-order valence-electron chi connectivity index (χ4n) is 1.75. The molecule has 0 atom stereocenters. The van der Waals surface area contributed by atoms with Crippen molar-refractivity contribution in [1.82, 2.24) is 4.90 Å². The van der Waals surface area contributed by atoms with Crippen LogP contribution in [0.2, 0.25) is 0 Å². The van der Waals surface area contributed by atoms with E-state index < -0.39 is 0 Å². The highest BCUT2D eigenvalue weighted by molar-refractivity contribution is 5.87. The number of allylic oxidation sites excluding steroid dienone is 2. The number of hydrogen-bond donors (Lipinski definition) is 0. The van der Waals surface area contributed by atoms with Crippen LogP contribution < -0.4 is 0 Å². The minimum atomic E-state index is -0.0389. The van der Waals surface area contributed by atoms with Crippen LogP contribution in [0.1, 0.15) is 25.7 Å². The molecule has 0 aliphatic rings. The lowest BCUT2D eigenvalue weighted by Gasteiger charge is -2.30. The van der Waals surface area contributed by atoms with Crippen molar-refractivity contribution in [3.05, 3.63) is 50.6 Å². The Morgan fingerprint density at radius 3 is 1.88 bits per heavy atom. The Kier molecular flexibility index (Phi) is 8.75. The van der Waals surface area contributed by atoms with Crippen molar-refractivity contribution in [3.8, 4) is 0 Å². The summed E-state index contributed by atoms with van der Waals surface area (Å²) in [5, 5.41) is 0. The highest BCUT2D eigenvalue weighted by atomic mass is 16.2. The van der Waals surface area contributed by atoms with Gasteiger partial charge < -0.3 is 4.90 Å². The number of carbonyl (C=O) groups excluding carboxylic acids is 1. The summed E-state index contributed by atoms with van der Waals surface area (Å²) >= 11 is 0. The van der Waals surface area contributed by atoms with Crippen LogP contribution in [-0.4, -0.2) is 23.4 Å². The van der Waals surface area contributed by atoms with Crippen LogP contribution >= 0.6 is 0 Å². The number of rotatable bonds is 10. The number of amides is 1. The third kappa shape index (κ3) is 5.91. The zero-order valence-electron chi connectivity index (χ0n) is 10.6. The van der Waals surface area contributed by atoms with E-state index in [-0.39, 0.29) is 11.9 Å². The van der Waals surface area contributed by atoms with Crippen molar-refractivity contribution in [2.24, 2.45) is 0 Å². The van der Waals surface area contributed by atoms with Crippen LogP contribution in [0, 0.1) is 0 Å². The minimum absolute atomic E-state index is 0.0389. The van der Waals surface area contributed by atoms with Crippen molar-refractivity contribution < 1.29 is 4.79 Å². The first kappa shape index (κ1) is 15.4. The Bertz CT molecular complexity index is 269. The van der Waals surface area contributed by atoms with Gasteiger partial charge in [0.25, 0.3) is 0 Å². The predicted octanol–water partition coefficient (Wildman–Crippen LogP) is 3.49. The highest BCUT2D eigenvalue weighted by Gasteiger charge is 2.19. The summed E-state index contributed by atoms with van der Waals surface area (Å²) < 4.78 is 0. The Labute approximate surface area is 105 Å². The van der Waals surface area contributed by atoms with Gasteiger partial charge in [0.1, 0.15) is 0 Å². The summed E-state index contributed by atoms with van der Waals surface area (Å²) in [5.41, 5.74) is 0. The van der Waals surface area contributed by atoms with Gasteiger partial charge >= 0.3 is 0 Å². The van der Waals surface area contributed by atoms with Gasteiger partial charge in [0.2, 0.25) is 5.91 Å². The molecule has 0 unspecified atom stereocenters. The lowest BCUT2D eigenvalue weighted by Crippen LogP contribution is -2.39. The van der Waals surface area contributed by atoms with E-state index in [1.54, 1.807) is 6.08 Å². The topological polar surface area (TPSA) is 20.3 Å². The molecule has 17 heavy (non-hydrogen) atoms. The molecular weight excluding hydrogens is 210 g/mol. The molecule has 0 aromatic rings. The normalized spacial score (nSPS) is 9.71. The van der Waals surface area contributed by atoms with Crippen LogP contribution in [0.4, 0.5) is 0 Å². The van der Waals surface area contributed by atoms with E-state index in [1.807, 2.05) is 17.1 Å². The van der Waals surface area contributed by atoms with E-state index in [4.69, 9.17) is 0 Å². The Morgan fingerprint density at radius 1 is 1.00 bits per heavy atom. The standard InChI is InChI=1S/C15H23NO/c1-5-9-11-14(12-10-6-2)16(13-7-3)15(17)8-4/h5-8,14H,1-4,9-13H2. The maximum Gasteiger partial charge on any atom is 0.246 e. The first-order valence-corrected chi connectivity index (χ1v) is 5.97. The van der Waals surface area contributed by atoms with Gasteiger partial charge in [-0.05, 0) is 31.8 Å². The molecular formula is C15H23NO. The molecule has 0 radical (unpaired) electrons. The number of hydrogen-bond acceptors (Lipinski definition) is 1. The largest absolute Gasteiger partial charge is 0.332 e. The lowest BCUT2D eigenvalue weighted by atomic mass is 10.0. The molecule has 0 aromatic carbocycles. The zero-order chi connectivity index (χ0) is 13.1. The van der Waals surface area contributed by atoms with E-state index in [9.17, 15) is 4.79 Å². The van der Waals surface area contributed by atoms with Crippen LogP contribution in [0.25, 0.3) is 0 Å². The minimum Gasteiger partial charge on any atom is -0.332 e. The van der Waals surface area contributed by atoms with Gasteiger partial charge in [0.05, 0.1) is 0 Å². The van der Waals surface area contributed by atoms with Gasteiger partial charge in [-0.15, -0.1) is 19.7 Å². The van der Waals surface area contributed by atoms with Crippen molar-refractivity contribution in [2.45, 2.75) is 31.7 Å². The van der Waals surface area contributed by atoms with Crippen molar-refractivity contribution in [3.63, 3.8) is 0 Å². The summed E-state index contributed by atoms with van der Waals surface area (Å²) in [7, 11) is 0. The van der Waals surface area contributed by atoms with Gasteiger partial charge in [-0.2, -0.15) is 0 Å². The fraction of sp³-hybridized carbons (Fsp3) is 0.400. The number of nitrogens with zero attached hydrogens (tertiary/aromatic N) is 1. The summed E-state index contributed by atoms with van der Waals surface area (Å²) in [5.74, 6) is -0.0389. The highest BCUT2D eigenvalue weighted by Crippen LogP contribution is 2.15. The summed E-state index contributed by atoms with van der Waals surface area (Å²) in [6.07, 6.45) is 10.5. The number of carbonyl (C=O) groups is 1. The van der Waals surface area contributed by atoms with E-state index >= 15 is 0 Å². The third-order valence-corrected chi connectivity index (χ3v) is 2.63.